The lowest BCUT2D eigenvalue weighted by atomic mass is 9.96. The number of anilines is 1. The van der Waals surface area contributed by atoms with Gasteiger partial charge in [0, 0.05) is 18.0 Å². The van der Waals surface area contributed by atoms with E-state index in [0.717, 1.165) is 17.5 Å². The van der Waals surface area contributed by atoms with Gasteiger partial charge in [0.15, 0.2) is 6.19 Å². The average molecular weight is 252 g/mol. The largest absolute Gasteiger partial charge is 0.261 e. The highest BCUT2D eigenvalue weighted by molar-refractivity contribution is 5.62. The number of nitrogens with zero attached hydrogens (tertiary/aromatic N) is 3. The van der Waals surface area contributed by atoms with Crippen LogP contribution in [0.4, 0.5) is 5.95 Å². The fourth-order valence-corrected chi connectivity index (χ4v) is 1.83. The van der Waals surface area contributed by atoms with Crippen molar-refractivity contribution in [3.63, 3.8) is 0 Å². The predicted molar refractivity (Wildman–Crippen MR) is 75.4 cm³/mol. The van der Waals surface area contributed by atoms with Crippen LogP contribution in [0.3, 0.4) is 0 Å². The molecule has 0 aliphatic carbocycles. The molecular weight excluding hydrogens is 236 g/mol. The third-order valence-corrected chi connectivity index (χ3v) is 3.24. The summed E-state index contributed by atoms with van der Waals surface area (Å²) in [7, 11) is 0. The minimum Gasteiger partial charge on any atom is -0.261 e. The van der Waals surface area contributed by atoms with Crippen molar-refractivity contribution in [2.45, 2.75) is 26.2 Å². The second kappa shape index (κ2) is 5.96. The number of aromatic nitrogens is 2. The maximum absolute atomic E-state index is 8.47. The maximum Gasteiger partial charge on any atom is 0.236 e. The number of benzene rings is 1. The summed E-state index contributed by atoms with van der Waals surface area (Å²) in [4.78, 5) is 8.15. The number of nitrogens with one attached hydrogen (secondary N) is 1. The van der Waals surface area contributed by atoms with Gasteiger partial charge in [-0.3, -0.25) is 5.32 Å². The highest BCUT2D eigenvalue weighted by atomic mass is 15.1. The average Bonchev–Trinajstić information content (AvgIpc) is 2.48. The molecule has 1 atom stereocenters. The van der Waals surface area contributed by atoms with E-state index in [4.69, 9.17) is 5.26 Å². The molecule has 0 saturated heterocycles. The summed E-state index contributed by atoms with van der Waals surface area (Å²) in [6.45, 7) is 4.41. The molecule has 4 heteroatoms. The molecule has 96 valence electrons. The number of hydrogen-bond donors (Lipinski definition) is 1. The Morgan fingerprint density at radius 2 is 1.79 bits per heavy atom. The van der Waals surface area contributed by atoms with Crippen LogP contribution in [0.2, 0.25) is 0 Å². The topological polar surface area (TPSA) is 61.6 Å². The van der Waals surface area contributed by atoms with E-state index in [1.165, 1.54) is 5.56 Å². The number of rotatable bonds is 4. The first-order chi connectivity index (χ1) is 9.24. The van der Waals surface area contributed by atoms with Crippen molar-refractivity contribution in [2.75, 3.05) is 5.32 Å². The second-order valence-electron chi connectivity index (χ2n) is 4.46. The van der Waals surface area contributed by atoms with E-state index in [-0.39, 0.29) is 0 Å². The molecule has 1 heterocycles. The van der Waals surface area contributed by atoms with Gasteiger partial charge in [-0.15, -0.1) is 0 Å². The summed E-state index contributed by atoms with van der Waals surface area (Å²) in [5.74, 6) is 0.898. The molecule has 0 radical (unpaired) electrons. The first-order valence-electron chi connectivity index (χ1n) is 6.32. The van der Waals surface area contributed by atoms with Crippen LogP contribution in [0.15, 0.2) is 36.7 Å². The first kappa shape index (κ1) is 13.0. The van der Waals surface area contributed by atoms with Crippen LogP contribution in [-0.4, -0.2) is 9.97 Å². The van der Waals surface area contributed by atoms with Crippen LogP contribution in [0.25, 0.3) is 11.1 Å². The normalized spacial score (nSPS) is 11.6. The molecule has 2 rings (SSSR count). The van der Waals surface area contributed by atoms with Crippen molar-refractivity contribution in [3.05, 3.63) is 42.2 Å². The van der Waals surface area contributed by atoms with Crippen LogP contribution >= 0.6 is 0 Å². The summed E-state index contributed by atoms with van der Waals surface area (Å²) < 4.78 is 0. The van der Waals surface area contributed by atoms with Gasteiger partial charge < -0.3 is 0 Å². The smallest absolute Gasteiger partial charge is 0.236 e. The molecule has 0 aliphatic rings. The molecule has 1 N–H and O–H groups in total. The summed E-state index contributed by atoms with van der Waals surface area (Å²) in [5, 5.41) is 10.9. The van der Waals surface area contributed by atoms with Crippen LogP contribution in [0, 0.1) is 11.5 Å². The molecule has 0 spiro atoms. The summed E-state index contributed by atoms with van der Waals surface area (Å²) >= 11 is 0. The molecule has 1 unspecified atom stereocenters. The van der Waals surface area contributed by atoms with Gasteiger partial charge >= 0.3 is 0 Å². The van der Waals surface area contributed by atoms with E-state index in [1.807, 2.05) is 0 Å². The van der Waals surface area contributed by atoms with Crippen LogP contribution in [-0.2, 0) is 0 Å². The van der Waals surface area contributed by atoms with E-state index >= 15 is 0 Å². The zero-order chi connectivity index (χ0) is 13.7. The number of nitriles is 1. The minimum absolute atomic E-state index is 0.322. The van der Waals surface area contributed by atoms with E-state index < -0.39 is 0 Å². The van der Waals surface area contributed by atoms with Crippen molar-refractivity contribution in [3.8, 4) is 17.3 Å². The van der Waals surface area contributed by atoms with Gasteiger partial charge in [0.05, 0.1) is 0 Å². The Morgan fingerprint density at radius 1 is 1.16 bits per heavy atom. The van der Waals surface area contributed by atoms with E-state index in [2.05, 4.69) is 53.4 Å². The minimum atomic E-state index is 0.322. The third kappa shape index (κ3) is 3.08. The van der Waals surface area contributed by atoms with Crippen LogP contribution in [0.1, 0.15) is 31.7 Å². The number of hydrogen-bond acceptors (Lipinski definition) is 4. The van der Waals surface area contributed by atoms with Crippen LogP contribution < -0.4 is 5.32 Å². The highest BCUT2D eigenvalue weighted by Gasteiger charge is 2.04. The third-order valence-electron chi connectivity index (χ3n) is 3.24. The Labute approximate surface area is 113 Å². The molecule has 0 aliphatic heterocycles. The highest BCUT2D eigenvalue weighted by Crippen LogP contribution is 2.23. The van der Waals surface area contributed by atoms with Gasteiger partial charge in [-0.2, -0.15) is 5.26 Å². The quantitative estimate of drug-likeness (QED) is 0.667. The Hall–Kier alpha value is -2.41. The zero-order valence-corrected chi connectivity index (χ0v) is 11.1. The van der Waals surface area contributed by atoms with Gasteiger partial charge in [0.25, 0.3) is 0 Å². The molecule has 1 aromatic heterocycles. The van der Waals surface area contributed by atoms with Gasteiger partial charge in [-0.1, -0.05) is 38.1 Å². The molecule has 19 heavy (non-hydrogen) atoms. The maximum atomic E-state index is 8.47. The molecule has 4 nitrogen and oxygen atoms in total. The Morgan fingerprint density at radius 3 is 2.32 bits per heavy atom. The lowest BCUT2D eigenvalue weighted by Crippen LogP contribution is -1.95. The summed E-state index contributed by atoms with van der Waals surface area (Å²) in [6.07, 6.45) is 6.36. The standard InChI is InChI=1S/C15H16N4/c1-3-11(2)12-4-6-13(7-5-12)14-8-17-15(18-9-14)19-10-16/h4-9,11H,3H2,1-2H3,(H,17,18,19). The van der Waals surface area contributed by atoms with Gasteiger partial charge in [0.2, 0.25) is 5.95 Å². The summed E-state index contributed by atoms with van der Waals surface area (Å²) in [6, 6.07) is 8.45. The van der Waals surface area contributed by atoms with Crippen molar-refractivity contribution in [1.29, 1.82) is 5.26 Å². The van der Waals surface area contributed by atoms with Gasteiger partial charge in [-0.05, 0) is 23.5 Å². The first-order valence-corrected chi connectivity index (χ1v) is 6.32. The summed E-state index contributed by atoms with van der Waals surface area (Å²) in [5.41, 5.74) is 3.37. The second-order valence-corrected chi connectivity index (χ2v) is 4.46. The lowest BCUT2D eigenvalue weighted by molar-refractivity contribution is 0.734. The molecular formula is C15H16N4. The SMILES string of the molecule is CCC(C)c1ccc(-c2cnc(NC#N)nc2)cc1. The van der Waals surface area contributed by atoms with E-state index in [0.29, 0.717) is 11.9 Å². The van der Waals surface area contributed by atoms with Gasteiger partial charge in [-0.25, -0.2) is 9.97 Å². The molecule has 2 aromatic rings. The monoisotopic (exact) mass is 252 g/mol. The lowest BCUT2D eigenvalue weighted by Gasteiger charge is -2.09. The fraction of sp³-hybridized carbons (Fsp3) is 0.267. The molecule has 0 amide bonds. The Bertz CT molecular complexity index is 567. The molecule has 0 saturated carbocycles. The van der Waals surface area contributed by atoms with Crippen molar-refractivity contribution in [1.82, 2.24) is 9.97 Å². The van der Waals surface area contributed by atoms with Crippen LogP contribution in [0.5, 0.6) is 0 Å². The van der Waals surface area contributed by atoms with Crippen molar-refractivity contribution in [2.24, 2.45) is 0 Å². The molecule has 1 aromatic carbocycles. The fourth-order valence-electron chi connectivity index (χ4n) is 1.83. The van der Waals surface area contributed by atoms with Crippen molar-refractivity contribution < 1.29 is 0 Å². The van der Waals surface area contributed by atoms with Gasteiger partial charge in [0.1, 0.15) is 0 Å². The Kier molecular flexibility index (Phi) is 4.09. The predicted octanol–water partition coefficient (Wildman–Crippen LogP) is 3.55. The zero-order valence-electron chi connectivity index (χ0n) is 11.1. The molecule has 0 fully saturated rings. The van der Waals surface area contributed by atoms with E-state index in [9.17, 15) is 0 Å². The molecule has 0 bridgehead atoms. The van der Waals surface area contributed by atoms with E-state index in [1.54, 1.807) is 18.6 Å². The Balaban J connectivity index is 2.20. The van der Waals surface area contributed by atoms with Crippen molar-refractivity contribution >= 4 is 5.95 Å².